The van der Waals surface area contributed by atoms with Gasteiger partial charge in [-0.2, -0.15) is 5.26 Å². The fraction of sp³-hybridized carbons (Fsp3) is 0.333. The Kier molecular flexibility index (Phi) is 1.82. The molecule has 7 heavy (non-hydrogen) atoms. The van der Waals surface area contributed by atoms with E-state index >= 15 is 0 Å². The van der Waals surface area contributed by atoms with E-state index in [9.17, 15) is 4.79 Å². The molecule has 0 bridgehead atoms. The van der Waals surface area contributed by atoms with Crippen molar-refractivity contribution < 1.29 is 9.90 Å². The van der Waals surface area contributed by atoms with E-state index in [0.29, 0.717) is 0 Å². The van der Waals surface area contributed by atoms with Gasteiger partial charge in [0.15, 0.2) is 6.04 Å². The third-order valence-electron chi connectivity index (χ3n) is 0.405. The number of nitrogens with zero attached hydrogens (tertiary/aromatic N) is 1. The van der Waals surface area contributed by atoms with Crippen LogP contribution in [-0.4, -0.2) is 17.1 Å². The van der Waals surface area contributed by atoms with Gasteiger partial charge in [0.2, 0.25) is 0 Å². The number of nitriles is 1. The molecule has 1 atom stereocenters. The van der Waals surface area contributed by atoms with Crippen molar-refractivity contribution in [3.05, 3.63) is 0 Å². The zero-order valence-electron chi connectivity index (χ0n) is 3.46. The molecule has 0 aliphatic heterocycles. The molecular weight excluding hydrogens is 96.0 g/mol. The lowest BCUT2D eigenvalue weighted by molar-refractivity contribution is -0.137. The lowest BCUT2D eigenvalue weighted by Gasteiger charge is -1.87. The molecule has 4 heteroatoms. The minimum Gasteiger partial charge on any atom is -0.479 e. The molecule has 0 amide bonds. The molecule has 1 unspecified atom stereocenters. The summed E-state index contributed by atoms with van der Waals surface area (Å²) in [6.45, 7) is 0. The summed E-state index contributed by atoms with van der Waals surface area (Å²) in [5.74, 6) is -1.29. The van der Waals surface area contributed by atoms with E-state index in [4.69, 9.17) is 10.4 Å². The lowest BCUT2D eigenvalue weighted by atomic mass is 10.4. The minimum atomic E-state index is -1.38. The van der Waals surface area contributed by atoms with Crippen LogP contribution in [0, 0.1) is 11.3 Å². The van der Waals surface area contributed by atoms with Crippen molar-refractivity contribution in [2.75, 3.05) is 0 Å². The van der Waals surface area contributed by atoms with Gasteiger partial charge in [-0.1, -0.05) is 0 Å². The smallest absolute Gasteiger partial charge is 0.335 e. The van der Waals surface area contributed by atoms with E-state index in [1.54, 1.807) is 0 Å². The number of rotatable bonds is 1. The second kappa shape index (κ2) is 2.16. The van der Waals surface area contributed by atoms with Gasteiger partial charge < -0.3 is 10.8 Å². The molecule has 0 aromatic heterocycles. The number of hydrogen-bond donors (Lipinski definition) is 2. The monoisotopic (exact) mass is 100 g/mol. The van der Waals surface area contributed by atoms with Crippen molar-refractivity contribution in [2.24, 2.45) is 5.73 Å². The van der Waals surface area contributed by atoms with Gasteiger partial charge in [0.05, 0.1) is 6.07 Å². The van der Waals surface area contributed by atoms with E-state index in [1.807, 2.05) is 0 Å². The molecule has 0 aromatic carbocycles. The number of carboxylic acid groups (broad SMARTS) is 1. The van der Waals surface area contributed by atoms with Crippen LogP contribution in [0.1, 0.15) is 0 Å². The molecule has 3 N–H and O–H groups in total. The second-order valence-corrected chi connectivity index (χ2v) is 0.945. The highest BCUT2D eigenvalue weighted by Crippen LogP contribution is 1.69. The average molecular weight is 100 g/mol. The highest BCUT2D eigenvalue weighted by Gasteiger charge is 2.06. The number of carbonyl (C=O) groups is 1. The Hall–Kier alpha value is -1.08. The number of carboxylic acids is 1. The Bertz CT molecular complexity index is 115. The average Bonchev–Trinajstić information content (AvgIpc) is 1.65. The highest BCUT2D eigenvalue weighted by atomic mass is 16.4. The second-order valence-electron chi connectivity index (χ2n) is 0.945. The summed E-state index contributed by atoms with van der Waals surface area (Å²) in [5.41, 5.74) is 4.66. The van der Waals surface area contributed by atoms with E-state index in [2.05, 4.69) is 5.73 Å². The van der Waals surface area contributed by atoms with Gasteiger partial charge in [0.1, 0.15) is 0 Å². The van der Waals surface area contributed by atoms with Crippen LogP contribution in [0.5, 0.6) is 0 Å². The molecule has 0 rings (SSSR count). The normalized spacial score (nSPS) is 12.0. The summed E-state index contributed by atoms with van der Waals surface area (Å²) in [7, 11) is 0. The summed E-state index contributed by atoms with van der Waals surface area (Å²) in [4.78, 5) is 9.58. The molecule has 0 saturated carbocycles. The van der Waals surface area contributed by atoms with Crippen molar-refractivity contribution in [1.82, 2.24) is 0 Å². The lowest BCUT2D eigenvalue weighted by Crippen LogP contribution is -2.27. The Morgan fingerprint density at radius 1 is 2.00 bits per heavy atom. The van der Waals surface area contributed by atoms with Crippen LogP contribution >= 0.6 is 0 Å². The summed E-state index contributed by atoms with van der Waals surface area (Å²) in [5, 5.41) is 15.6. The van der Waals surface area contributed by atoms with Crippen molar-refractivity contribution in [2.45, 2.75) is 6.04 Å². The number of hydrogen-bond acceptors (Lipinski definition) is 3. The van der Waals surface area contributed by atoms with Crippen LogP contribution in [0.4, 0.5) is 0 Å². The van der Waals surface area contributed by atoms with E-state index in [-0.39, 0.29) is 0 Å². The number of nitrogens with two attached hydrogens (primary N) is 1. The molecule has 0 radical (unpaired) electrons. The molecule has 4 nitrogen and oxygen atoms in total. The molecule has 0 heterocycles. The largest absolute Gasteiger partial charge is 0.479 e. The predicted octanol–water partition coefficient (Wildman–Crippen LogP) is -1.08. The zero-order chi connectivity index (χ0) is 5.86. The summed E-state index contributed by atoms with van der Waals surface area (Å²) < 4.78 is 0. The SMILES string of the molecule is N#CC(N)C(=O)O. The maximum Gasteiger partial charge on any atom is 0.335 e. The molecule has 0 aliphatic carbocycles. The third-order valence-corrected chi connectivity index (χ3v) is 0.405. The quantitative estimate of drug-likeness (QED) is 0.438. The van der Waals surface area contributed by atoms with Gasteiger partial charge in [-0.3, -0.25) is 0 Å². The van der Waals surface area contributed by atoms with Crippen LogP contribution in [0.25, 0.3) is 0 Å². The first-order valence-corrected chi connectivity index (χ1v) is 1.56. The molecule has 0 spiro atoms. The topological polar surface area (TPSA) is 87.1 Å². The molecular formula is C3H4N2O2. The first-order valence-electron chi connectivity index (χ1n) is 1.56. The Balaban J connectivity index is 3.63. The summed E-state index contributed by atoms with van der Waals surface area (Å²) in [6.07, 6.45) is 0. The van der Waals surface area contributed by atoms with Gasteiger partial charge >= 0.3 is 5.97 Å². The van der Waals surface area contributed by atoms with Gasteiger partial charge in [0, 0.05) is 0 Å². The van der Waals surface area contributed by atoms with E-state index in [1.165, 1.54) is 6.07 Å². The highest BCUT2D eigenvalue weighted by molar-refractivity contribution is 5.76. The molecule has 38 valence electrons. The van der Waals surface area contributed by atoms with Gasteiger partial charge in [-0.15, -0.1) is 0 Å². The molecule has 0 saturated heterocycles. The predicted molar refractivity (Wildman–Crippen MR) is 21.2 cm³/mol. The standard InChI is InChI=1S/C3H4N2O2/c4-1-2(5)3(6)7/h2H,5H2,(H,6,7). The molecule has 0 aromatic rings. The number of aliphatic carboxylic acids is 1. The van der Waals surface area contributed by atoms with Crippen molar-refractivity contribution in [3.63, 3.8) is 0 Å². The van der Waals surface area contributed by atoms with E-state index in [0.717, 1.165) is 0 Å². The van der Waals surface area contributed by atoms with E-state index < -0.39 is 12.0 Å². The summed E-state index contributed by atoms with van der Waals surface area (Å²) >= 11 is 0. The first kappa shape index (κ1) is 5.92. The maximum absolute atomic E-state index is 9.58. The first-order chi connectivity index (χ1) is 3.18. The Labute approximate surface area is 40.2 Å². The van der Waals surface area contributed by atoms with Crippen LogP contribution < -0.4 is 5.73 Å². The van der Waals surface area contributed by atoms with Crippen LogP contribution in [0.2, 0.25) is 0 Å². The van der Waals surface area contributed by atoms with Crippen molar-refractivity contribution in [1.29, 1.82) is 5.26 Å². The van der Waals surface area contributed by atoms with Crippen molar-refractivity contribution in [3.8, 4) is 6.07 Å². The third kappa shape index (κ3) is 1.73. The fourth-order valence-electron chi connectivity index (χ4n) is 0.0552. The molecule has 0 fully saturated rings. The summed E-state index contributed by atoms with van der Waals surface area (Å²) in [6, 6.07) is -0.0324. The molecule has 0 aliphatic rings. The fourth-order valence-corrected chi connectivity index (χ4v) is 0.0552. The minimum absolute atomic E-state index is 1.29. The van der Waals surface area contributed by atoms with Gasteiger partial charge in [0.25, 0.3) is 0 Å². The van der Waals surface area contributed by atoms with Crippen LogP contribution in [0.15, 0.2) is 0 Å². The Morgan fingerprint density at radius 3 is 2.43 bits per heavy atom. The van der Waals surface area contributed by atoms with Crippen LogP contribution in [0.3, 0.4) is 0 Å². The Morgan fingerprint density at radius 2 is 2.43 bits per heavy atom. The van der Waals surface area contributed by atoms with Crippen molar-refractivity contribution >= 4 is 5.97 Å². The zero-order valence-corrected chi connectivity index (χ0v) is 3.46. The van der Waals surface area contributed by atoms with Gasteiger partial charge in [-0.05, 0) is 0 Å². The van der Waals surface area contributed by atoms with Gasteiger partial charge in [-0.25, -0.2) is 4.79 Å². The van der Waals surface area contributed by atoms with Crippen LogP contribution in [-0.2, 0) is 4.79 Å². The maximum atomic E-state index is 9.58.